The van der Waals surface area contributed by atoms with E-state index < -0.39 is 0 Å². The van der Waals surface area contributed by atoms with Crippen LogP contribution in [0.5, 0.6) is 0 Å². The second-order valence-electron chi connectivity index (χ2n) is 7.48. The second-order valence-corrected chi connectivity index (χ2v) is 7.48. The van der Waals surface area contributed by atoms with Crippen LogP contribution >= 0.6 is 0 Å². The Balaban J connectivity index is 1.67. The molecule has 0 aromatic heterocycles. The molecule has 2 aromatic rings. The van der Waals surface area contributed by atoms with Gasteiger partial charge in [0.1, 0.15) is 5.69 Å². The molecule has 0 radical (unpaired) electrons. The fourth-order valence-corrected chi connectivity index (χ4v) is 3.91. The van der Waals surface area contributed by atoms with E-state index in [1.807, 2.05) is 28.9 Å². The van der Waals surface area contributed by atoms with Crippen LogP contribution in [0.1, 0.15) is 30.0 Å². The number of hydrogen-bond acceptors (Lipinski definition) is 4. The van der Waals surface area contributed by atoms with E-state index >= 15 is 0 Å². The normalized spacial score (nSPS) is 17.4. The number of para-hydroxylation sites is 1. The lowest BCUT2D eigenvalue weighted by Gasteiger charge is -2.21. The largest absolute Gasteiger partial charge is 0.379 e. The minimum atomic E-state index is -0.131. The number of benzene rings is 2. The zero-order valence-corrected chi connectivity index (χ0v) is 15.8. The predicted octanol–water partition coefficient (Wildman–Crippen LogP) is 3.41. The van der Waals surface area contributed by atoms with Crippen molar-refractivity contribution in [2.75, 3.05) is 13.2 Å². The lowest BCUT2D eigenvalue weighted by molar-refractivity contribution is 0.0540. The van der Waals surface area contributed by atoms with Gasteiger partial charge in [-0.15, -0.1) is 0 Å². The van der Waals surface area contributed by atoms with Crippen molar-refractivity contribution in [2.45, 2.75) is 32.4 Å². The first-order valence-corrected chi connectivity index (χ1v) is 9.72. The SMILES string of the molecule is Cc1ccc(Cn2nc3c(=O)n(C4CCCOC4)nc-3c3ccccc32)cc1. The summed E-state index contributed by atoms with van der Waals surface area (Å²) >= 11 is 0. The molecule has 28 heavy (non-hydrogen) atoms. The number of aromatic nitrogens is 4. The van der Waals surface area contributed by atoms with E-state index in [-0.39, 0.29) is 11.6 Å². The van der Waals surface area contributed by atoms with E-state index in [1.54, 1.807) is 4.68 Å². The monoisotopic (exact) mass is 374 g/mol. The van der Waals surface area contributed by atoms with Crippen molar-refractivity contribution in [3.63, 3.8) is 0 Å². The van der Waals surface area contributed by atoms with Crippen LogP contribution in [0.3, 0.4) is 0 Å². The molecular weight excluding hydrogens is 352 g/mol. The maximum Gasteiger partial charge on any atom is 0.297 e. The molecule has 0 N–H and O–H groups in total. The van der Waals surface area contributed by atoms with Crippen LogP contribution in [0.2, 0.25) is 0 Å². The molecule has 0 amide bonds. The van der Waals surface area contributed by atoms with Crippen LogP contribution in [0.4, 0.5) is 0 Å². The summed E-state index contributed by atoms with van der Waals surface area (Å²) < 4.78 is 9.05. The first-order chi connectivity index (χ1) is 13.7. The minimum absolute atomic E-state index is 0.0141. The highest BCUT2D eigenvalue weighted by Gasteiger charge is 2.26. The zero-order valence-electron chi connectivity index (χ0n) is 15.8. The highest BCUT2D eigenvalue weighted by Crippen LogP contribution is 2.27. The van der Waals surface area contributed by atoms with Gasteiger partial charge in [0.05, 0.1) is 24.7 Å². The van der Waals surface area contributed by atoms with Gasteiger partial charge in [0, 0.05) is 12.0 Å². The van der Waals surface area contributed by atoms with Crippen molar-refractivity contribution < 1.29 is 4.74 Å². The van der Waals surface area contributed by atoms with Crippen molar-refractivity contribution in [3.8, 4) is 11.4 Å². The minimum Gasteiger partial charge on any atom is -0.379 e. The summed E-state index contributed by atoms with van der Waals surface area (Å²) in [5.41, 5.74) is 4.31. The van der Waals surface area contributed by atoms with Crippen LogP contribution < -0.4 is 5.56 Å². The Morgan fingerprint density at radius 1 is 1.07 bits per heavy atom. The van der Waals surface area contributed by atoms with Gasteiger partial charge >= 0.3 is 0 Å². The number of rotatable bonds is 3. The van der Waals surface area contributed by atoms with Gasteiger partial charge in [-0.1, -0.05) is 48.0 Å². The van der Waals surface area contributed by atoms with E-state index in [2.05, 4.69) is 36.3 Å². The van der Waals surface area contributed by atoms with Crippen molar-refractivity contribution in [3.05, 3.63) is 70.0 Å². The van der Waals surface area contributed by atoms with Gasteiger partial charge in [-0.05, 0) is 31.4 Å². The van der Waals surface area contributed by atoms with Gasteiger partial charge in [0.25, 0.3) is 5.56 Å². The smallest absolute Gasteiger partial charge is 0.297 e. The summed E-state index contributed by atoms with van der Waals surface area (Å²) in [6.07, 6.45) is 1.85. The lowest BCUT2D eigenvalue weighted by atomic mass is 10.1. The first-order valence-electron chi connectivity index (χ1n) is 9.72. The van der Waals surface area contributed by atoms with E-state index in [9.17, 15) is 4.79 Å². The van der Waals surface area contributed by atoms with Crippen molar-refractivity contribution >= 4 is 10.9 Å². The molecule has 1 saturated heterocycles. The molecule has 0 bridgehead atoms. The molecule has 3 aliphatic heterocycles. The fourth-order valence-electron chi connectivity index (χ4n) is 3.91. The lowest BCUT2D eigenvalue weighted by Crippen LogP contribution is -2.29. The molecule has 1 atom stereocenters. The standard InChI is InChI=1S/C22H22N4O2/c1-15-8-10-16(11-9-15)13-25-19-7-3-2-6-18(19)20-21(23-25)22(27)26(24-20)17-5-4-12-28-14-17/h2-3,6-11,17H,4-5,12-14H2,1H3. The summed E-state index contributed by atoms with van der Waals surface area (Å²) in [4.78, 5) is 13.1. The van der Waals surface area contributed by atoms with Crippen molar-refractivity contribution in [2.24, 2.45) is 0 Å². The molecule has 5 rings (SSSR count). The Labute approximate surface area is 162 Å². The summed E-state index contributed by atoms with van der Waals surface area (Å²) in [7, 11) is 0. The third kappa shape index (κ3) is 2.90. The predicted molar refractivity (Wildman–Crippen MR) is 108 cm³/mol. The van der Waals surface area contributed by atoms with Crippen LogP contribution in [0.25, 0.3) is 22.3 Å². The van der Waals surface area contributed by atoms with Crippen molar-refractivity contribution in [1.82, 2.24) is 19.6 Å². The number of ether oxygens (including phenoxy) is 1. The summed E-state index contributed by atoms with van der Waals surface area (Å²) in [5.74, 6) is 0. The molecule has 0 aliphatic carbocycles. The van der Waals surface area contributed by atoms with Crippen LogP contribution in [0.15, 0.2) is 53.3 Å². The highest BCUT2D eigenvalue weighted by molar-refractivity contribution is 5.92. The molecule has 2 aromatic carbocycles. The zero-order chi connectivity index (χ0) is 19.1. The highest BCUT2D eigenvalue weighted by atomic mass is 16.5. The first kappa shape index (κ1) is 17.1. The molecule has 0 spiro atoms. The van der Waals surface area contributed by atoms with Gasteiger partial charge in [0.15, 0.2) is 5.69 Å². The number of nitrogens with zero attached hydrogens (tertiary/aromatic N) is 4. The van der Waals surface area contributed by atoms with Crippen LogP contribution in [0, 0.1) is 6.92 Å². The summed E-state index contributed by atoms with van der Waals surface area (Å²) in [6, 6.07) is 16.4. The molecule has 1 unspecified atom stereocenters. The molecule has 142 valence electrons. The van der Waals surface area contributed by atoms with E-state index in [1.165, 1.54) is 5.56 Å². The maximum absolute atomic E-state index is 13.1. The second kappa shape index (κ2) is 6.87. The Bertz CT molecular complexity index is 1150. The topological polar surface area (TPSA) is 61.9 Å². The van der Waals surface area contributed by atoms with Gasteiger partial charge < -0.3 is 4.74 Å². The van der Waals surface area contributed by atoms with E-state index in [4.69, 9.17) is 9.84 Å². The van der Waals surface area contributed by atoms with Gasteiger partial charge in [-0.25, -0.2) is 4.68 Å². The average Bonchev–Trinajstić information content (AvgIpc) is 3.07. The molecular formula is C22H22N4O2. The molecule has 3 heterocycles. The number of aryl methyl sites for hydroxylation is 1. The number of fused-ring (bicyclic) bond motifs is 3. The summed E-state index contributed by atoms with van der Waals surface area (Å²) in [6.45, 7) is 3.96. The average molecular weight is 374 g/mol. The Hall–Kier alpha value is -2.99. The van der Waals surface area contributed by atoms with Crippen molar-refractivity contribution in [1.29, 1.82) is 0 Å². The van der Waals surface area contributed by atoms with Crippen LogP contribution in [-0.2, 0) is 11.3 Å². The quantitative estimate of drug-likeness (QED) is 0.551. The summed E-state index contributed by atoms with van der Waals surface area (Å²) in [5, 5.41) is 10.3. The van der Waals surface area contributed by atoms with Gasteiger partial charge in [-0.2, -0.15) is 10.2 Å². The molecule has 3 aliphatic rings. The van der Waals surface area contributed by atoms with Gasteiger partial charge in [-0.3, -0.25) is 9.48 Å². The Morgan fingerprint density at radius 2 is 1.89 bits per heavy atom. The fraction of sp³-hybridized carbons (Fsp3) is 0.318. The molecule has 0 saturated carbocycles. The van der Waals surface area contributed by atoms with E-state index in [0.717, 1.165) is 35.9 Å². The van der Waals surface area contributed by atoms with E-state index in [0.29, 0.717) is 24.5 Å². The number of hydrogen-bond donors (Lipinski definition) is 0. The Kier molecular flexibility index (Phi) is 4.20. The van der Waals surface area contributed by atoms with Crippen LogP contribution in [-0.4, -0.2) is 32.8 Å². The molecule has 6 nitrogen and oxygen atoms in total. The molecule has 6 heteroatoms. The third-order valence-corrected chi connectivity index (χ3v) is 5.44. The Morgan fingerprint density at radius 3 is 2.68 bits per heavy atom. The maximum atomic E-state index is 13.1. The molecule has 1 fully saturated rings. The third-order valence-electron chi connectivity index (χ3n) is 5.44. The van der Waals surface area contributed by atoms with Gasteiger partial charge in [0.2, 0.25) is 0 Å².